The Bertz CT molecular complexity index is 701. The highest BCUT2D eigenvalue weighted by molar-refractivity contribution is 5.94. The Morgan fingerprint density at radius 1 is 1.27 bits per heavy atom. The molecule has 7 heteroatoms. The minimum absolute atomic E-state index is 0.0105. The van der Waals surface area contributed by atoms with Crippen molar-refractivity contribution in [3.05, 3.63) is 64.0 Å². The molecule has 6 nitrogen and oxygen atoms in total. The molecular weight excluding hydrogens is 291 g/mol. The molecule has 0 heterocycles. The van der Waals surface area contributed by atoms with Crippen molar-refractivity contribution in [1.29, 1.82) is 0 Å². The van der Waals surface area contributed by atoms with Gasteiger partial charge in [-0.2, -0.15) is 0 Å². The maximum Gasteiger partial charge on any atom is 0.296 e. The molecule has 0 saturated carbocycles. The molecule has 22 heavy (non-hydrogen) atoms. The predicted octanol–water partition coefficient (Wildman–Crippen LogP) is 2.92. The lowest BCUT2D eigenvalue weighted by atomic mass is 10.1. The van der Waals surface area contributed by atoms with Crippen LogP contribution >= 0.6 is 0 Å². The second-order valence-corrected chi connectivity index (χ2v) is 4.49. The zero-order valence-electron chi connectivity index (χ0n) is 11.7. The number of amides is 1. The molecule has 0 aromatic heterocycles. The first kappa shape index (κ1) is 15.4. The van der Waals surface area contributed by atoms with Crippen molar-refractivity contribution in [2.75, 3.05) is 12.4 Å². The van der Waals surface area contributed by atoms with Crippen LogP contribution in [0.4, 0.5) is 15.8 Å². The zero-order valence-corrected chi connectivity index (χ0v) is 11.7. The number of rotatable bonds is 5. The standard InChI is InChI=1S/C15H13FN2O4/c1-22-12-6-7-13(14(9-12)18(20)21)17-15(19)8-10-2-4-11(16)5-3-10/h2-7,9H,8H2,1H3,(H,17,19). The number of carbonyl (C=O) groups excluding carboxylic acids is 1. The van der Waals surface area contributed by atoms with E-state index in [4.69, 9.17) is 4.74 Å². The van der Waals surface area contributed by atoms with Gasteiger partial charge in [-0.05, 0) is 29.8 Å². The Balaban J connectivity index is 2.14. The fourth-order valence-corrected chi connectivity index (χ4v) is 1.88. The molecule has 0 fully saturated rings. The molecule has 114 valence electrons. The van der Waals surface area contributed by atoms with Gasteiger partial charge in [0.25, 0.3) is 5.69 Å². The van der Waals surface area contributed by atoms with Gasteiger partial charge in [0.05, 0.1) is 24.5 Å². The van der Waals surface area contributed by atoms with Crippen molar-refractivity contribution < 1.29 is 18.8 Å². The topological polar surface area (TPSA) is 81.5 Å². The van der Waals surface area contributed by atoms with Gasteiger partial charge in [-0.15, -0.1) is 0 Å². The van der Waals surface area contributed by atoms with Gasteiger partial charge in [0.2, 0.25) is 5.91 Å². The third kappa shape index (κ3) is 3.78. The molecule has 0 saturated heterocycles. The van der Waals surface area contributed by atoms with Crippen LogP contribution in [0.5, 0.6) is 5.75 Å². The number of nitrogens with zero attached hydrogens (tertiary/aromatic N) is 1. The van der Waals surface area contributed by atoms with Crippen LogP contribution in [0.25, 0.3) is 0 Å². The molecule has 2 rings (SSSR count). The molecule has 1 N–H and O–H groups in total. The van der Waals surface area contributed by atoms with E-state index in [1.165, 1.54) is 49.6 Å². The Labute approximate surface area is 125 Å². The minimum Gasteiger partial charge on any atom is -0.496 e. The summed E-state index contributed by atoms with van der Waals surface area (Å²) < 4.78 is 17.7. The number of nitrogens with one attached hydrogen (secondary N) is 1. The smallest absolute Gasteiger partial charge is 0.296 e. The highest BCUT2D eigenvalue weighted by Gasteiger charge is 2.17. The van der Waals surface area contributed by atoms with Gasteiger partial charge in [-0.25, -0.2) is 4.39 Å². The average molecular weight is 304 g/mol. The van der Waals surface area contributed by atoms with Gasteiger partial charge in [0, 0.05) is 0 Å². The summed E-state index contributed by atoms with van der Waals surface area (Å²) in [5.41, 5.74) is 0.430. The van der Waals surface area contributed by atoms with Gasteiger partial charge >= 0.3 is 0 Å². The average Bonchev–Trinajstić information content (AvgIpc) is 2.49. The maximum absolute atomic E-state index is 12.8. The van der Waals surface area contributed by atoms with E-state index in [0.717, 1.165) is 0 Å². The third-order valence-corrected chi connectivity index (χ3v) is 2.95. The van der Waals surface area contributed by atoms with Crippen LogP contribution in [0.3, 0.4) is 0 Å². The van der Waals surface area contributed by atoms with Crippen LogP contribution < -0.4 is 10.1 Å². The number of hydrogen-bond acceptors (Lipinski definition) is 4. The van der Waals surface area contributed by atoms with Crippen molar-refractivity contribution in [2.45, 2.75) is 6.42 Å². The Morgan fingerprint density at radius 3 is 2.55 bits per heavy atom. The second kappa shape index (κ2) is 6.66. The van der Waals surface area contributed by atoms with E-state index < -0.39 is 16.6 Å². The quantitative estimate of drug-likeness (QED) is 0.680. The first-order chi connectivity index (χ1) is 10.5. The molecule has 0 aliphatic carbocycles. The number of anilines is 1. The fourth-order valence-electron chi connectivity index (χ4n) is 1.88. The van der Waals surface area contributed by atoms with Crippen molar-refractivity contribution in [3.63, 3.8) is 0 Å². The van der Waals surface area contributed by atoms with E-state index >= 15 is 0 Å². The Morgan fingerprint density at radius 2 is 1.95 bits per heavy atom. The predicted molar refractivity (Wildman–Crippen MR) is 78.4 cm³/mol. The molecule has 0 unspecified atom stereocenters. The number of benzene rings is 2. The van der Waals surface area contributed by atoms with Crippen LogP contribution in [0.2, 0.25) is 0 Å². The first-order valence-electron chi connectivity index (χ1n) is 6.36. The van der Waals surface area contributed by atoms with Crippen LogP contribution in [-0.2, 0) is 11.2 Å². The second-order valence-electron chi connectivity index (χ2n) is 4.49. The van der Waals surface area contributed by atoms with E-state index in [9.17, 15) is 19.3 Å². The molecule has 0 aliphatic rings. The molecule has 2 aromatic rings. The van der Waals surface area contributed by atoms with E-state index in [1.807, 2.05) is 0 Å². The first-order valence-corrected chi connectivity index (χ1v) is 6.36. The lowest BCUT2D eigenvalue weighted by molar-refractivity contribution is -0.384. The summed E-state index contributed by atoms with van der Waals surface area (Å²) in [7, 11) is 1.39. The number of methoxy groups -OCH3 is 1. The van der Waals surface area contributed by atoms with Crippen LogP contribution in [-0.4, -0.2) is 17.9 Å². The van der Waals surface area contributed by atoms with Crippen molar-refractivity contribution >= 4 is 17.3 Å². The lowest BCUT2D eigenvalue weighted by Crippen LogP contribution is -2.15. The fraction of sp³-hybridized carbons (Fsp3) is 0.133. The summed E-state index contributed by atoms with van der Waals surface area (Å²) in [6, 6.07) is 9.61. The molecule has 1 amide bonds. The Hall–Kier alpha value is -2.96. The third-order valence-electron chi connectivity index (χ3n) is 2.95. The number of halogens is 1. The van der Waals surface area contributed by atoms with E-state index in [1.54, 1.807) is 0 Å². The van der Waals surface area contributed by atoms with Gasteiger partial charge in [-0.3, -0.25) is 14.9 Å². The molecular formula is C15H13FN2O4. The minimum atomic E-state index is -0.601. The van der Waals surface area contributed by atoms with E-state index in [0.29, 0.717) is 11.3 Å². The summed E-state index contributed by atoms with van der Waals surface area (Å²) in [4.78, 5) is 22.4. The zero-order chi connectivity index (χ0) is 16.1. The van der Waals surface area contributed by atoms with Crippen molar-refractivity contribution in [3.8, 4) is 5.75 Å². The number of carbonyl (C=O) groups is 1. The summed E-state index contributed by atoms with van der Waals surface area (Å²) in [6.45, 7) is 0. The van der Waals surface area contributed by atoms with Crippen molar-refractivity contribution in [1.82, 2.24) is 0 Å². The molecule has 2 aromatic carbocycles. The van der Waals surface area contributed by atoms with E-state index in [2.05, 4.69) is 5.32 Å². The molecule has 0 bridgehead atoms. The SMILES string of the molecule is COc1ccc(NC(=O)Cc2ccc(F)cc2)c([N+](=O)[O-])c1. The highest BCUT2D eigenvalue weighted by Crippen LogP contribution is 2.29. The number of hydrogen-bond donors (Lipinski definition) is 1. The number of ether oxygens (including phenoxy) is 1. The van der Waals surface area contributed by atoms with Crippen LogP contribution in [0.1, 0.15) is 5.56 Å². The number of nitro benzene ring substituents is 1. The summed E-state index contributed by atoms with van der Waals surface area (Å²) in [6.07, 6.45) is -0.0105. The van der Waals surface area contributed by atoms with Crippen LogP contribution in [0, 0.1) is 15.9 Å². The summed E-state index contributed by atoms with van der Waals surface area (Å²) in [5.74, 6) is -0.502. The summed E-state index contributed by atoms with van der Waals surface area (Å²) in [5, 5.41) is 13.5. The van der Waals surface area contributed by atoms with Gasteiger partial charge in [0.15, 0.2) is 0 Å². The number of nitro groups is 1. The Kier molecular flexibility index (Phi) is 4.67. The van der Waals surface area contributed by atoms with Gasteiger partial charge in [0.1, 0.15) is 17.3 Å². The lowest BCUT2D eigenvalue weighted by Gasteiger charge is -2.07. The molecule has 0 atom stereocenters. The maximum atomic E-state index is 12.8. The molecule has 0 radical (unpaired) electrons. The largest absolute Gasteiger partial charge is 0.496 e. The highest BCUT2D eigenvalue weighted by atomic mass is 19.1. The van der Waals surface area contributed by atoms with Gasteiger partial charge in [-0.1, -0.05) is 12.1 Å². The monoisotopic (exact) mass is 304 g/mol. The normalized spacial score (nSPS) is 10.1. The van der Waals surface area contributed by atoms with Gasteiger partial charge < -0.3 is 10.1 Å². The summed E-state index contributed by atoms with van der Waals surface area (Å²) >= 11 is 0. The molecule has 0 aliphatic heterocycles. The van der Waals surface area contributed by atoms with E-state index in [-0.39, 0.29) is 17.8 Å². The van der Waals surface area contributed by atoms with Crippen LogP contribution in [0.15, 0.2) is 42.5 Å². The molecule has 0 spiro atoms. The van der Waals surface area contributed by atoms with Crippen molar-refractivity contribution in [2.24, 2.45) is 0 Å².